The van der Waals surface area contributed by atoms with Crippen molar-refractivity contribution in [3.8, 4) is 0 Å². The molecule has 1 aromatic carbocycles. The van der Waals surface area contributed by atoms with Gasteiger partial charge in [0, 0.05) is 10.3 Å². The van der Waals surface area contributed by atoms with Crippen LogP contribution in [0.2, 0.25) is 0 Å². The van der Waals surface area contributed by atoms with Crippen LogP contribution < -0.4 is 0 Å². The summed E-state index contributed by atoms with van der Waals surface area (Å²) in [6.07, 6.45) is 7.98. The van der Waals surface area contributed by atoms with Gasteiger partial charge < -0.3 is 5.11 Å². The van der Waals surface area contributed by atoms with Gasteiger partial charge in [0.2, 0.25) is 0 Å². The number of hydrogen-bond donors (Lipinski definition) is 1. The minimum Gasteiger partial charge on any atom is -0.389 e. The molecule has 22 heavy (non-hydrogen) atoms. The fourth-order valence-corrected chi connectivity index (χ4v) is 4.72. The van der Waals surface area contributed by atoms with E-state index in [1.165, 1.54) is 16.9 Å². The van der Waals surface area contributed by atoms with Crippen LogP contribution >= 0.6 is 11.3 Å². The average molecular weight is 312 g/mol. The average Bonchev–Trinajstić information content (AvgIpc) is 3.07. The Morgan fingerprint density at radius 2 is 1.82 bits per heavy atom. The van der Waals surface area contributed by atoms with Gasteiger partial charge in [-0.2, -0.15) is 0 Å². The molecule has 2 aromatic rings. The summed E-state index contributed by atoms with van der Waals surface area (Å²) < 4.78 is 0. The first-order chi connectivity index (χ1) is 10.7. The first-order valence-electron chi connectivity index (χ1n) is 8.14. The zero-order valence-electron chi connectivity index (χ0n) is 13.0. The molecule has 0 saturated heterocycles. The Kier molecular flexibility index (Phi) is 4.51. The second kappa shape index (κ2) is 6.39. The van der Waals surface area contributed by atoms with Gasteiger partial charge >= 0.3 is 0 Å². The van der Waals surface area contributed by atoms with Gasteiger partial charge in [0.1, 0.15) is 0 Å². The third-order valence-corrected chi connectivity index (χ3v) is 6.06. The van der Waals surface area contributed by atoms with Crippen molar-refractivity contribution in [1.82, 2.24) is 0 Å². The van der Waals surface area contributed by atoms with E-state index in [2.05, 4.69) is 48.4 Å². The van der Waals surface area contributed by atoms with E-state index in [9.17, 15) is 5.11 Å². The molecule has 1 N–H and O–H groups in total. The van der Waals surface area contributed by atoms with Crippen LogP contribution in [-0.2, 0) is 11.8 Å². The summed E-state index contributed by atoms with van der Waals surface area (Å²) >= 11 is 1.76. The molecule has 116 valence electrons. The van der Waals surface area contributed by atoms with Crippen LogP contribution in [0.3, 0.4) is 0 Å². The zero-order chi connectivity index (χ0) is 15.5. The zero-order valence-corrected chi connectivity index (χ0v) is 13.8. The molecule has 1 unspecified atom stereocenters. The highest BCUT2D eigenvalue weighted by Gasteiger charge is 2.49. The lowest BCUT2D eigenvalue weighted by molar-refractivity contribution is -0.0508. The van der Waals surface area contributed by atoms with E-state index in [0.717, 1.165) is 32.1 Å². The molecule has 3 rings (SSSR count). The van der Waals surface area contributed by atoms with Crippen molar-refractivity contribution in [3.63, 3.8) is 0 Å². The van der Waals surface area contributed by atoms with E-state index in [1.54, 1.807) is 11.3 Å². The Bertz CT molecular complexity index is 596. The first kappa shape index (κ1) is 15.5. The first-order valence-corrected chi connectivity index (χ1v) is 9.02. The Balaban J connectivity index is 2.09. The van der Waals surface area contributed by atoms with Crippen molar-refractivity contribution in [3.05, 3.63) is 70.9 Å². The van der Waals surface area contributed by atoms with Crippen LogP contribution in [0.25, 0.3) is 0 Å². The lowest BCUT2D eigenvalue weighted by Crippen LogP contribution is -2.53. The summed E-state index contributed by atoms with van der Waals surface area (Å²) in [5.41, 5.74) is 0.0838. The van der Waals surface area contributed by atoms with Gasteiger partial charge in [0.25, 0.3) is 0 Å². The molecule has 0 bridgehead atoms. The standard InChI is InChI=1S/C20H24OS/c1-2-19(16-18-12-9-15-22-18,17-10-5-3-6-11-17)20(21)13-7-4-8-14-20/h2-3,5-6,9-12,15,21H,1,4,7-8,13-14,16H2. The highest BCUT2D eigenvalue weighted by Crippen LogP contribution is 2.47. The Morgan fingerprint density at radius 3 is 2.41 bits per heavy atom. The monoisotopic (exact) mass is 312 g/mol. The maximum absolute atomic E-state index is 11.6. The van der Waals surface area contributed by atoms with Gasteiger partial charge in [-0.3, -0.25) is 0 Å². The predicted octanol–water partition coefficient (Wildman–Crippen LogP) is 5.11. The Hall–Kier alpha value is -1.38. The number of rotatable bonds is 5. The van der Waals surface area contributed by atoms with Crippen molar-refractivity contribution in [2.75, 3.05) is 0 Å². The van der Waals surface area contributed by atoms with Crippen LogP contribution in [0.1, 0.15) is 42.5 Å². The van der Waals surface area contributed by atoms with Crippen molar-refractivity contribution in [2.24, 2.45) is 0 Å². The summed E-state index contributed by atoms with van der Waals surface area (Å²) in [7, 11) is 0. The van der Waals surface area contributed by atoms with E-state index in [1.807, 2.05) is 12.1 Å². The molecule has 1 atom stereocenters. The van der Waals surface area contributed by atoms with Crippen LogP contribution in [-0.4, -0.2) is 10.7 Å². The SMILES string of the molecule is C=CC(Cc1cccs1)(c1ccccc1)C1(O)CCCCC1. The maximum Gasteiger partial charge on any atom is 0.0781 e. The highest BCUT2D eigenvalue weighted by molar-refractivity contribution is 7.09. The topological polar surface area (TPSA) is 20.2 Å². The molecule has 1 aromatic heterocycles. The van der Waals surface area contributed by atoms with Gasteiger partial charge in [0.05, 0.1) is 5.60 Å². The van der Waals surface area contributed by atoms with Crippen LogP contribution in [0.15, 0.2) is 60.5 Å². The van der Waals surface area contributed by atoms with Crippen molar-refractivity contribution in [2.45, 2.75) is 49.5 Å². The molecule has 1 aliphatic carbocycles. The van der Waals surface area contributed by atoms with E-state index < -0.39 is 11.0 Å². The summed E-state index contributed by atoms with van der Waals surface area (Å²) in [5.74, 6) is 0. The number of aliphatic hydroxyl groups is 1. The fourth-order valence-electron chi connectivity index (χ4n) is 3.92. The molecule has 0 spiro atoms. The highest BCUT2D eigenvalue weighted by atomic mass is 32.1. The van der Waals surface area contributed by atoms with E-state index in [-0.39, 0.29) is 0 Å². The number of thiophene rings is 1. The smallest absolute Gasteiger partial charge is 0.0781 e. The lowest BCUT2D eigenvalue weighted by atomic mass is 9.60. The number of hydrogen-bond acceptors (Lipinski definition) is 2. The van der Waals surface area contributed by atoms with E-state index in [4.69, 9.17) is 0 Å². The molecule has 0 radical (unpaired) electrons. The van der Waals surface area contributed by atoms with Crippen molar-refractivity contribution < 1.29 is 5.11 Å². The molecule has 1 aliphatic rings. The van der Waals surface area contributed by atoms with E-state index in [0.29, 0.717) is 0 Å². The normalized spacial score (nSPS) is 20.2. The Morgan fingerprint density at radius 1 is 1.09 bits per heavy atom. The molecule has 1 heterocycles. The minimum atomic E-state index is -0.696. The summed E-state index contributed by atoms with van der Waals surface area (Å²) in [6, 6.07) is 14.7. The minimum absolute atomic E-state index is 0.403. The third-order valence-electron chi connectivity index (χ3n) is 5.18. The van der Waals surface area contributed by atoms with Gasteiger partial charge in [-0.1, -0.05) is 61.7 Å². The van der Waals surface area contributed by atoms with Gasteiger partial charge in [0.15, 0.2) is 0 Å². The van der Waals surface area contributed by atoms with Gasteiger partial charge in [-0.15, -0.1) is 17.9 Å². The quantitative estimate of drug-likeness (QED) is 0.761. The second-order valence-electron chi connectivity index (χ2n) is 6.39. The number of benzene rings is 1. The molecule has 0 amide bonds. The molecule has 1 nitrogen and oxygen atoms in total. The van der Waals surface area contributed by atoms with Crippen molar-refractivity contribution >= 4 is 11.3 Å². The van der Waals surface area contributed by atoms with Crippen LogP contribution in [0.4, 0.5) is 0 Å². The third kappa shape index (κ3) is 2.66. The van der Waals surface area contributed by atoms with E-state index >= 15 is 0 Å². The fraction of sp³-hybridized carbons (Fsp3) is 0.400. The lowest BCUT2D eigenvalue weighted by Gasteiger charge is -2.48. The predicted molar refractivity (Wildman–Crippen MR) is 94.4 cm³/mol. The molecule has 1 fully saturated rings. The molecule has 2 heteroatoms. The van der Waals surface area contributed by atoms with Crippen molar-refractivity contribution in [1.29, 1.82) is 0 Å². The summed E-state index contributed by atoms with van der Waals surface area (Å²) in [6.45, 7) is 4.16. The van der Waals surface area contributed by atoms with Gasteiger partial charge in [-0.05, 0) is 36.3 Å². The van der Waals surface area contributed by atoms with Crippen LogP contribution in [0, 0.1) is 0 Å². The maximum atomic E-state index is 11.6. The molecular weight excluding hydrogens is 288 g/mol. The molecule has 0 aliphatic heterocycles. The molecular formula is C20H24OS. The largest absolute Gasteiger partial charge is 0.389 e. The Labute approximate surface area is 137 Å². The molecule has 1 saturated carbocycles. The second-order valence-corrected chi connectivity index (χ2v) is 7.42. The van der Waals surface area contributed by atoms with Crippen LogP contribution in [0.5, 0.6) is 0 Å². The summed E-state index contributed by atoms with van der Waals surface area (Å²) in [5, 5.41) is 13.7. The summed E-state index contributed by atoms with van der Waals surface area (Å²) in [4.78, 5) is 1.31. The van der Waals surface area contributed by atoms with Gasteiger partial charge in [-0.25, -0.2) is 0 Å².